The van der Waals surface area contributed by atoms with Crippen molar-refractivity contribution in [2.24, 2.45) is 0 Å². The topological polar surface area (TPSA) is 108 Å². The van der Waals surface area contributed by atoms with Crippen molar-refractivity contribution in [1.82, 2.24) is 14.0 Å². The predicted octanol–water partition coefficient (Wildman–Crippen LogP) is 3.72. The molecule has 1 N–H and O–H groups in total. The molecular weight excluding hydrogens is 436 g/mol. The Labute approximate surface area is 193 Å². The number of aromatic nitrogens is 3. The lowest BCUT2D eigenvalue weighted by atomic mass is 10.2. The molecule has 0 aliphatic carbocycles. The first-order valence-electron chi connectivity index (χ1n) is 10.7. The lowest BCUT2D eigenvalue weighted by Gasteiger charge is -2.10. The van der Waals surface area contributed by atoms with E-state index in [2.05, 4.69) is 10.3 Å². The van der Waals surface area contributed by atoms with Gasteiger partial charge < -0.3 is 18.9 Å². The molecule has 4 aromatic heterocycles. The van der Waals surface area contributed by atoms with Gasteiger partial charge in [0.05, 0.1) is 24.2 Å². The highest BCUT2D eigenvalue weighted by molar-refractivity contribution is 6.03. The number of fused-ring (bicyclic) bond motifs is 3. The molecule has 9 nitrogen and oxygen atoms in total. The van der Waals surface area contributed by atoms with Crippen LogP contribution in [0.3, 0.4) is 0 Å². The molecule has 0 bridgehead atoms. The van der Waals surface area contributed by atoms with Gasteiger partial charge in [-0.1, -0.05) is 6.07 Å². The molecule has 1 aromatic carbocycles. The van der Waals surface area contributed by atoms with Crippen molar-refractivity contribution in [3.05, 3.63) is 100 Å². The Morgan fingerprint density at radius 1 is 1.06 bits per heavy atom. The molecule has 0 aliphatic rings. The maximum atomic E-state index is 13.1. The van der Waals surface area contributed by atoms with Crippen LogP contribution >= 0.6 is 0 Å². The number of carbonyl (C=O) groups excluding carboxylic acids is 2. The second-order valence-electron chi connectivity index (χ2n) is 7.52. The number of anilines is 1. The third-order valence-corrected chi connectivity index (χ3v) is 5.33. The van der Waals surface area contributed by atoms with Crippen LogP contribution < -0.4 is 10.9 Å². The van der Waals surface area contributed by atoms with Crippen molar-refractivity contribution in [2.45, 2.75) is 13.5 Å². The van der Waals surface area contributed by atoms with Gasteiger partial charge in [0, 0.05) is 18.1 Å². The number of nitrogens with zero attached hydrogens (tertiary/aromatic N) is 3. The smallest absolute Gasteiger partial charge is 0.338 e. The zero-order chi connectivity index (χ0) is 23.7. The van der Waals surface area contributed by atoms with E-state index in [1.165, 1.54) is 16.7 Å². The molecule has 5 aromatic rings. The first-order chi connectivity index (χ1) is 16.5. The van der Waals surface area contributed by atoms with Gasteiger partial charge in [-0.3, -0.25) is 14.2 Å². The van der Waals surface area contributed by atoms with Crippen molar-refractivity contribution in [1.29, 1.82) is 0 Å². The van der Waals surface area contributed by atoms with Crippen LogP contribution in [-0.4, -0.2) is 32.4 Å². The summed E-state index contributed by atoms with van der Waals surface area (Å²) in [5, 5.41) is 2.71. The van der Waals surface area contributed by atoms with E-state index in [0.29, 0.717) is 28.2 Å². The Hall–Kier alpha value is -4.66. The van der Waals surface area contributed by atoms with Gasteiger partial charge in [0.25, 0.3) is 11.5 Å². The van der Waals surface area contributed by atoms with Gasteiger partial charge in [-0.2, -0.15) is 0 Å². The third kappa shape index (κ3) is 3.83. The summed E-state index contributed by atoms with van der Waals surface area (Å²) in [4.78, 5) is 42.1. The van der Waals surface area contributed by atoms with Gasteiger partial charge in [0.1, 0.15) is 11.3 Å². The Kier molecular flexibility index (Phi) is 5.43. The van der Waals surface area contributed by atoms with Gasteiger partial charge in [0.15, 0.2) is 11.4 Å². The van der Waals surface area contributed by atoms with Crippen LogP contribution in [0, 0.1) is 0 Å². The molecule has 0 saturated carbocycles. The maximum absolute atomic E-state index is 13.1. The standard InChI is InChI=1S/C25H20N4O5/c1-2-33-25(32)16-6-3-7-17(14-16)27-23(30)21-11-10-18(34-21)15-29-22-19(8-4-12-26-22)28-13-5-9-20(28)24(29)31/h3-14H,2,15H2,1H3,(H,27,30). The number of furan rings is 1. The Bertz CT molecular complexity index is 1590. The number of hydrogen-bond acceptors (Lipinski definition) is 6. The largest absolute Gasteiger partial charge is 0.462 e. The van der Waals surface area contributed by atoms with Crippen LogP contribution in [-0.2, 0) is 11.3 Å². The number of amides is 1. The molecule has 1 amide bonds. The Morgan fingerprint density at radius 2 is 1.91 bits per heavy atom. The third-order valence-electron chi connectivity index (χ3n) is 5.33. The highest BCUT2D eigenvalue weighted by Gasteiger charge is 2.16. The lowest BCUT2D eigenvalue weighted by Crippen LogP contribution is -2.23. The molecule has 0 unspecified atom stereocenters. The number of nitrogens with one attached hydrogen (secondary N) is 1. The maximum Gasteiger partial charge on any atom is 0.338 e. The molecule has 0 radical (unpaired) electrons. The van der Waals surface area contributed by atoms with Crippen molar-refractivity contribution >= 4 is 34.2 Å². The lowest BCUT2D eigenvalue weighted by molar-refractivity contribution is 0.0526. The second kappa shape index (κ2) is 8.70. The monoisotopic (exact) mass is 456 g/mol. The van der Waals surface area contributed by atoms with E-state index in [9.17, 15) is 14.4 Å². The Balaban J connectivity index is 1.40. The van der Waals surface area contributed by atoms with E-state index >= 15 is 0 Å². The van der Waals surface area contributed by atoms with E-state index in [1.807, 2.05) is 18.3 Å². The zero-order valence-corrected chi connectivity index (χ0v) is 18.2. The molecule has 34 heavy (non-hydrogen) atoms. The summed E-state index contributed by atoms with van der Waals surface area (Å²) in [7, 11) is 0. The second-order valence-corrected chi connectivity index (χ2v) is 7.52. The summed E-state index contributed by atoms with van der Waals surface area (Å²) in [6.07, 6.45) is 3.44. The first-order valence-corrected chi connectivity index (χ1v) is 10.7. The molecular formula is C25H20N4O5. The highest BCUT2D eigenvalue weighted by Crippen LogP contribution is 2.18. The summed E-state index contributed by atoms with van der Waals surface area (Å²) < 4.78 is 14.0. The molecule has 0 atom stereocenters. The van der Waals surface area contributed by atoms with Crippen LogP contribution in [0.2, 0.25) is 0 Å². The first kappa shape index (κ1) is 21.2. The van der Waals surface area contributed by atoms with Gasteiger partial charge in [-0.15, -0.1) is 0 Å². The van der Waals surface area contributed by atoms with Gasteiger partial charge in [-0.25, -0.2) is 9.78 Å². The van der Waals surface area contributed by atoms with Crippen molar-refractivity contribution in [3.8, 4) is 0 Å². The summed E-state index contributed by atoms with van der Waals surface area (Å²) in [5.74, 6) is -0.448. The minimum absolute atomic E-state index is 0.0746. The van der Waals surface area contributed by atoms with E-state index in [-0.39, 0.29) is 24.5 Å². The minimum Gasteiger partial charge on any atom is -0.462 e. The number of hydrogen-bond donors (Lipinski definition) is 1. The summed E-state index contributed by atoms with van der Waals surface area (Å²) in [6.45, 7) is 2.09. The fourth-order valence-corrected chi connectivity index (χ4v) is 3.80. The van der Waals surface area contributed by atoms with Gasteiger partial charge in [-0.05, 0) is 61.5 Å². The van der Waals surface area contributed by atoms with E-state index in [1.54, 1.807) is 53.9 Å². The van der Waals surface area contributed by atoms with Crippen LogP contribution in [0.4, 0.5) is 5.69 Å². The molecule has 0 aliphatic heterocycles. The van der Waals surface area contributed by atoms with E-state index in [0.717, 1.165) is 5.52 Å². The highest BCUT2D eigenvalue weighted by atomic mass is 16.5. The number of ether oxygens (including phenoxy) is 1. The molecule has 170 valence electrons. The molecule has 4 heterocycles. The van der Waals surface area contributed by atoms with Crippen molar-refractivity contribution in [3.63, 3.8) is 0 Å². The molecule has 0 saturated heterocycles. The van der Waals surface area contributed by atoms with Gasteiger partial charge >= 0.3 is 5.97 Å². The van der Waals surface area contributed by atoms with Crippen LogP contribution in [0.15, 0.2) is 82.3 Å². The van der Waals surface area contributed by atoms with Gasteiger partial charge in [0.2, 0.25) is 0 Å². The van der Waals surface area contributed by atoms with Crippen LogP contribution in [0.5, 0.6) is 0 Å². The Morgan fingerprint density at radius 3 is 2.76 bits per heavy atom. The molecule has 5 rings (SSSR count). The normalized spacial score (nSPS) is 11.1. The summed E-state index contributed by atoms with van der Waals surface area (Å²) in [6, 6.07) is 16.9. The van der Waals surface area contributed by atoms with Crippen LogP contribution in [0.1, 0.15) is 33.6 Å². The van der Waals surface area contributed by atoms with E-state index < -0.39 is 11.9 Å². The fourth-order valence-electron chi connectivity index (χ4n) is 3.80. The number of esters is 1. The van der Waals surface area contributed by atoms with Crippen molar-refractivity contribution in [2.75, 3.05) is 11.9 Å². The average Bonchev–Trinajstić information content (AvgIpc) is 3.52. The average molecular weight is 456 g/mol. The fraction of sp³-hybridized carbons (Fsp3) is 0.120. The number of benzene rings is 1. The van der Waals surface area contributed by atoms with E-state index in [4.69, 9.17) is 9.15 Å². The number of carbonyl (C=O) groups is 2. The minimum atomic E-state index is -0.482. The predicted molar refractivity (Wildman–Crippen MR) is 125 cm³/mol. The quantitative estimate of drug-likeness (QED) is 0.390. The SMILES string of the molecule is CCOC(=O)c1cccc(NC(=O)c2ccc(Cn3c(=O)c4cccn4c4cccnc43)o2)c1. The zero-order valence-electron chi connectivity index (χ0n) is 18.2. The molecule has 0 fully saturated rings. The molecule has 9 heteroatoms. The van der Waals surface area contributed by atoms with Crippen molar-refractivity contribution < 1.29 is 18.7 Å². The van der Waals surface area contributed by atoms with Crippen LogP contribution in [0.25, 0.3) is 16.7 Å². The molecule has 0 spiro atoms. The summed E-state index contributed by atoms with van der Waals surface area (Å²) in [5.41, 5.74) is 2.36. The number of pyridine rings is 1. The number of rotatable bonds is 6. The summed E-state index contributed by atoms with van der Waals surface area (Å²) >= 11 is 0.